The molecule has 0 aliphatic carbocycles. The average Bonchev–Trinajstić information content (AvgIpc) is 3.25. The van der Waals surface area contributed by atoms with Gasteiger partial charge in [-0.3, -0.25) is 14.5 Å². The lowest BCUT2D eigenvalue weighted by atomic mass is 10.1. The van der Waals surface area contributed by atoms with Gasteiger partial charge in [0, 0.05) is 18.8 Å². The number of carbonyl (C=O) groups is 2. The van der Waals surface area contributed by atoms with E-state index in [1.54, 1.807) is 15.7 Å². The van der Waals surface area contributed by atoms with Crippen LogP contribution in [0.15, 0.2) is 41.8 Å². The highest BCUT2D eigenvalue weighted by atomic mass is 32.1. The summed E-state index contributed by atoms with van der Waals surface area (Å²) in [6.45, 7) is 7.70. The third kappa shape index (κ3) is 3.94. The number of rotatable bonds is 6. The first kappa shape index (κ1) is 19.7. The molecule has 6 nitrogen and oxygen atoms in total. The molecule has 2 aromatic heterocycles. The monoisotopic (exact) mass is 394 g/mol. The molecule has 28 heavy (non-hydrogen) atoms. The normalized spacial score (nSPS) is 11.1. The lowest BCUT2D eigenvalue weighted by Crippen LogP contribution is -2.27. The Morgan fingerprint density at radius 3 is 2.57 bits per heavy atom. The highest BCUT2D eigenvalue weighted by Gasteiger charge is 2.18. The number of hydrogen-bond donors (Lipinski definition) is 0. The Morgan fingerprint density at radius 2 is 1.93 bits per heavy atom. The van der Waals surface area contributed by atoms with Gasteiger partial charge in [-0.1, -0.05) is 18.2 Å². The molecular weight excluding hydrogens is 372 g/mol. The van der Waals surface area contributed by atoms with Crippen LogP contribution in [0.5, 0.6) is 0 Å². The summed E-state index contributed by atoms with van der Waals surface area (Å²) in [6, 6.07) is 9.73. The van der Waals surface area contributed by atoms with Crippen molar-refractivity contribution in [2.45, 2.75) is 27.7 Å². The van der Waals surface area contributed by atoms with Crippen molar-refractivity contribution < 1.29 is 9.59 Å². The first-order valence-corrected chi connectivity index (χ1v) is 9.88. The van der Waals surface area contributed by atoms with Gasteiger partial charge in [0.25, 0.3) is 0 Å². The molecule has 2 heterocycles. The van der Waals surface area contributed by atoms with Crippen molar-refractivity contribution in [3.05, 3.63) is 64.4 Å². The average molecular weight is 395 g/mol. The minimum absolute atomic E-state index is 0.0527. The molecule has 144 valence electrons. The van der Waals surface area contributed by atoms with Crippen molar-refractivity contribution in [2.75, 3.05) is 11.4 Å². The summed E-state index contributed by atoms with van der Waals surface area (Å²) in [5.74, 6) is -0.173. The highest BCUT2D eigenvalue weighted by Crippen LogP contribution is 2.22. The predicted octanol–water partition coefficient (Wildman–Crippen LogP) is 4.21. The zero-order chi connectivity index (χ0) is 20.3. The number of aromatic nitrogens is 3. The molecule has 0 N–H and O–H groups in total. The number of ketones is 1. The molecule has 0 bridgehead atoms. The lowest BCUT2D eigenvalue weighted by molar-refractivity contribution is -0.116. The van der Waals surface area contributed by atoms with Gasteiger partial charge in [0.05, 0.1) is 28.3 Å². The molecule has 0 radical (unpaired) electrons. The van der Waals surface area contributed by atoms with E-state index >= 15 is 0 Å². The lowest BCUT2D eigenvalue weighted by Gasteiger charge is -2.14. The third-order valence-electron chi connectivity index (χ3n) is 4.38. The number of nitrogens with zero attached hydrogens (tertiary/aromatic N) is 4. The molecule has 0 fully saturated rings. The smallest absolute Gasteiger partial charge is 0.225 e. The molecule has 7 heteroatoms. The maximum absolute atomic E-state index is 12.8. The molecule has 1 amide bonds. The van der Waals surface area contributed by atoms with Crippen LogP contribution in [0.4, 0.5) is 5.13 Å². The van der Waals surface area contributed by atoms with Crippen LogP contribution in [0, 0.1) is 13.8 Å². The standard InChI is InChI=1S/C21H22N4O2S/c1-5-24(16(4)26)21-22-17(13-28-21)11-12-19(27)20-14(2)23-25(15(20)3)18-9-7-6-8-10-18/h6-13H,5H2,1-4H3. The number of benzene rings is 1. The van der Waals surface area contributed by atoms with Crippen LogP contribution in [-0.4, -0.2) is 33.0 Å². The van der Waals surface area contributed by atoms with E-state index in [1.807, 2.05) is 56.5 Å². The summed E-state index contributed by atoms with van der Waals surface area (Å²) in [5, 5.41) is 6.98. The number of thiazole rings is 1. The number of aryl methyl sites for hydroxylation is 1. The molecule has 3 aromatic rings. The number of anilines is 1. The van der Waals surface area contributed by atoms with Gasteiger partial charge in [0.15, 0.2) is 10.9 Å². The summed E-state index contributed by atoms with van der Waals surface area (Å²) in [6.07, 6.45) is 3.18. The number of hydrogen-bond acceptors (Lipinski definition) is 5. The van der Waals surface area contributed by atoms with Crippen LogP contribution < -0.4 is 4.90 Å². The van der Waals surface area contributed by atoms with Crippen molar-refractivity contribution in [3.8, 4) is 5.69 Å². The highest BCUT2D eigenvalue weighted by molar-refractivity contribution is 7.14. The number of allylic oxidation sites excluding steroid dienone is 1. The maximum Gasteiger partial charge on any atom is 0.225 e. The van der Waals surface area contributed by atoms with Crippen LogP contribution in [-0.2, 0) is 4.79 Å². The molecule has 0 atom stereocenters. The molecule has 0 aliphatic rings. The van der Waals surface area contributed by atoms with E-state index in [4.69, 9.17) is 0 Å². The number of amides is 1. The zero-order valence-corrected chi connectivity index (χ0v) is 17.2. The molecule has 0 aliphatic heterocycles. The second kappa shape index (κ2) is 8.31. The molecule has 0 saturated heterocycles. The van der Waals surface area contributed by atoms with Crippen LogP contribution in [0.3, 0.4) is 0 Å². The number of para-hydroxylation sites is 1. The maximum atomic E-state index is 12.8. The van der Waals surface area contributed by atoms with E-state index < -0.39 is 0 Å². The van der Waals surface area contributed by atoms with Gasteiger partial charge in [0.1, 0.15) is 0 Å². The minimum Gasteiger partial charge on any atom is -0.289 e. The van der Waals surface area contributed by atoms with E-state index in [2.05, 4.69) is 10.1 Å². The quantitative estimate of drug-likeness (QED) is 0.464. The van der Waals surface area contributed by atoms with Crippen LogP contribution in [0.25, 0.3) is 11.8 Å². The Morgan fingerprint density at radius 1 is 1.21 bits per heavy atom. The summed E-state index contributed by atoms with van der Waals surface area (Å²) in [5.41, 5.74) is 3.64. The van der Waals surface area contributed by atoms with E-state index in [0.717, 1.165) is 11.4 Å². The fraction of sp³-hybridized carbons (Fsp3) is 0.238. The minimum atomic E-state index is -0.120. The third-order valence-corrected chi connectivity index (χ3v) is 5.26. The second-order valence-corrected chi connectivity index (χ2v) is 7.15. The fourth-order valence-corrected chi connectivity index (χ4v) is 3.93. The van der Waals surface area contributed by atoms with Crippen molar-refractivity contribution >= 4 is 34.2 Å². The van der Waals surface area contributed by atoms with Gasteiger partial charge in [-0.25, -0.2) is 9.67 Å². The predicted molar refractivity (Wildman–Crippen MR) is 112 cm³/mol. The largest absolute Gasteiger partial charge is 0.289 e. The molecule has 0 saturated carbocycles. The topological polar surface area (TPSA) is 68.1 Å². The summed E-state index contributed by atoms with van der Waals surface area (Å²) >= 11 is 1.38. The van der Waals surface area contributed by atoms with E-state index in [-0.39, 0.29) is 11.7 Å². The van der Waals surface area contributed by atoms with Crippen molar-refractivity contribution in [1.82, 2.24) is 14.8 Å². The molecule has 1 aromatic carbocycles. The van der Waals surface area contributed by atoms with Crippen LogP contribution >= 0.6 is 11.3 Å². The Kier molecular flexibility index (Phi) is 5.84. The van der Waals surface area contributed by atoms with Gasteiger partial charge in [-0.2, -0.15) is 5.10 Å². The van der Waals surface area contributed by atoms with E-state index in [1.165, 1.54) is 24.3 Å². The van der Waals surface area contributed by atoms with Gasteiger partial charge in [-0.05, 0) is 45.1 Å². The first-order chi connectivity index (χ1) is 13.4. The molecular formula is C21H22N4O2S. The van der Waals surface area contributed by atoms with E-state index in [9.17, 15) is 9.59 Å². The van der Waals surface area contributed by atoms with Crippen LogP contribution in [0.1, 0.15) is 41.3 Å². The second-order valence-electron chi connectivity index (χ2n) is 6.31. The van der Waals surface area contributed by atoms with Gasteiger partial charge >= 0.3 is 0 Å². The Balaban J connectivity index is 1.83. The number of carbonyl (C=O) groups excluding carboxylic acids is 2. The zero-order valence-electron chi connectivity index (χ0n) is 16.3. The van der Waals surface area contributed by atoms with Gasteiger partial charge < -0.3 is 0 Å². The van der Waals surface area contributed by atoms with Gasteiger partial charge in [-0.15, -0.1) is 11.3 Å². The van der Waals surface area contributed by atoms with Crippen molar-refractivity contribution in [1.29, 1.82) is 0 Å². The van der Waals surface area contributed by atoms with E-state index in [0.29, 0.717) is 28.6 Å². The van der Waals surface area contributed by atoms with Crippen LogP contribution in [0.2, 0.25) is 0 Å². The molecule has 0 spiro atoms. The van der Waals surface area contributed by atoms with Crippen molar-refractivity contribution in [2.24, 2.45) is 0 Å². The molecule has 3 rings (SSSR count). The Labute approximate surface area is 168 Å². The Bertz CT molecular complexity index is 1030. The summed E-state index contributed by atoms with van der Waals surface area (Å²) in [7, 11) is 0. The fourth-order valence-electron chi connectivity index (χ4n) is 3.03. The van der Waals surface area contributed by atoms with Crippen molar-refractivity contribution in [3.63, 3.8) is 0 Å². The van der Waals surface area contributed by atoms with Gasteiger partial charge in [0.2, 0.25) is 5.91 Å². The summed E-state index contributed by atoms with van der Waals surface area (Å²) < 4.78 is 1.78. The summed E-state index contributed by atoms with van der Waals surface area (Å²) in [4.78, 5) is 30.5. The Hall–Kier alpha value is -3.06. The SMILES string of the molecule is CCN(C(C)=O)c1nc(C=CC(=O)c2c(C)nn(-c3ccccc3)c2C)cs1. The molecule has 0 unspecified atom stereocenters. The first-order valence-electron chi connectivity index (χ1n) is 9.00.